The molecule has 20 heavy (non-hydrogen) atoms. The lowest BCUT2D eigenvalue weighted by atomic mass is 9.90. The van der Waals surface area contributed by atoms with Crippen LogP contribution in [0.2, 0.25) is 0 Å². The van der Waals surface area contributed by atoms with Crippen molar-refractivity contribution in [2.75, 3.05) is 26.9 Å². The van der Waals surface area contributed by atoms with Gasteiger partial charge in [-0.3, -0.25) is 0 Å². The predicted octanol–water partition coefficient (Wildman–Crippen LogP) is 2.74. The van der Waals surface area contributed by atoms with E-state index in [4.69, 9.17) is 9.47 Å². The first-order valence-electron chi connectivity index (χ1n) is 7.82. The van der Waals surface area contributed by atoms with Gasteiger partial charge in [-0.1, -0.05) is 20.8 Å². The summed E-state index contributed by atoms with van der Waals surface area (Å²) < 4.78 is 11.0. The van der Waals surface area contributed by atoms with Crippen molar-refractivity contribution in [2.45, 2.75) is 77.5 Å². The van der Waals surface area contributed by atoms with Crippen LogP contribution in [-0.2, 0) is 9.47 Å². The molecule has 0 aromatic carbocycles. The van der Waals surface area contributed by atoms with Crippen LogP contribution in [0.4, 0.5) is 0 Å². The molecule has 0 aliphatic heterocycles. The molecule has 0 radical (unpaired) electrons. The summed E-state index contributed by atoms with van der Waals surface area (Å²) in [6.07, 6.45) is 3.72. The molecule has 0 rings (SSSR count). The van der Waals surface area contributed by atoms with E-state index in [0.717, 1.165) is 38.9 Å². The van der Waals surface area contributed by atoms with Crippen molar-refractivity contribution in [3.05, 3.63) is 0 Å². The lowest BCUT2D eigenvalue weighted by molar-refractivity contribution is -0.0111. The third-order valence-electron chi connectivity index (χ3n) is 3.92. The molecule has 0 saturated carbocycles. The highest BCUT2D eigenvalue weighted by atomic mass is 16.5. The smallest absolute Gasteiger partial charge is 0.0644 e. The van der Waals surface area contributed by atoms with Crippen LogP contribution in [0.15, 0.2) is 0 Å². The first kappa shape index (κ1) is 19.8. The Morgan fingerprint density at radius 1 is 1.15 bits per heavy atom. The van der Waals surface area contributed by atoms with Crippen LogP contribution in [0, 0.1) is 0 Å². The Bertz CT molecular complexity index is 238. The average Bonchev–Trinajstić information content (AvgIpc) is 2.40. The normalized spacial score (nSPS) is 15.6. The van der Waals surface area contributed by atoms with E-state index in [-0.39, 0.29) is 17.7 Å². The van der Waals surface area contributed by atoms with Crippen LogP contribution < -0.4 is 5.32 Å². The minimum Gasteiger partial charge on any atom is -0.394 e. The highest BCUT2D eigenvalue weighted by molar-refractivity contribution is 4.87. The molecule has 0 aliphatic carbocycles. The quantitative estimate of drug-likeness (QED) is 0.542. The van der Waals surface area contributed by atoms with Gasteiger partial charge in [-0.2, -0.15) is 0 Å². The van der Waals surface area contributed by atoms with E-state index in [1.54, 1.807) is 7.11 Å². The molecule has 4 heteroatoms. The number of nitrogens with one attached hydrogen (secondary N) is 1. The third-order valence-corrected chi connectivity index (χ3v) is 3.92. The SMILES string of the molecule is CCC(CO)(CCCOCCC(C)(C)OC)NC(C)C. The van der Waals surface area contributed by atoms with Gasteiger partial charge in [0.25, 0.3) is 0 Å². The molecule has 1 unspecified atom stereocenters. The third kappa shape index (κ3) is 8.20. The lowest BCUT2D eigenvalue weighted by Crippen LogP contribution is -2.51. The first-order valence-corrected chi connectivity index (χ1v) is 7.82. The highest BCUT2D eigenvalue weighted by Crippen LogP contribution is 2.18. The monoisotopic (exact) mass is 289 g/mol. The maximum atomic E-state index is 9.65. The zero-order valence-electron chi connectivity index (χ0n) is 14.3. The van der Waals surface area contributed by atoms with Crippen LogP contribution in [0.1, 0.15) is 60.3 Å². The van der Waals surface area contributed by atoms with Gasteiger partial charge in [0, 0.05) is 31.9 Å². The van der Waals surface area contributed by atoms with E-state index >= 15 is 0 Å². The standard InChI is InChI=1S/C16H35NO3/c1-7-16(13-18,17-14(2)3)9-8-11-20-12-10-15(4,5)19-6/h14,17-18H,7-13H2,1-6H3. The second kappa shape index (κ2) is 9.72. The number of hydrogen-bond donors (Lipinski definition) is 2. The number of aliphatic hydroxyl groups is 1. The van der Waals surface area contributed by atoms with Crippen LogP contribution in [0.25, 0.3) is 0 Å². The number of rotatable bonds is 12. The lowest BCUT2D eigenvalue weighted by Gasteiger charge is -2.34. The van der Waals surface area contributed by atoms with Crippen molar-refractivity contribution in [3.63, 3.8) is 0 Å². The summed E-state index contributed by atoms with van der Waals surface area (Å²) >= 11 is 0. The first-order chi connectivity index (χ1) is 9.31. The summed E-state index contributed by atoms with van der Waals surface area (Å²) in [6, 6.07) is 0.380. The summed E-state index contributed by atoms with van der Waals surface area (Å²) in [4.78, 5) is 0. The van der Waals surface area contributed by atoms with Crippen molar-refractivity contribution in [3.8, 4) is 0 Å². The molecule has 0 aromatic rings. The number of methoxy groups -OCH3 is 1. The Balaban J connectivity index is 3.90. The summed E-state index contributed by atoms with van der Waals surface area (Å²) in [5.41, 5.74) is -0.277. The van der Waals surface area contributed by atoms with Gasteiger partial charge in [-0.25, -0.2) is 0 Å². The molecule has 0 spiro atoms. The minimum atomic E-state index is -0.163. The maximum Gasteiger partial charge on any atom is 0.0644 e. The Hall–Kier alpha value is -0.160. The highest BCUT2D eigenvalue weighted by Gasteiger charge is 2.27. The molecule has 0 aliphatic rings. The number of hydrogen-bond acceptors (Lipinski definition) is 4. The molecular weight excluding hydrogens is 254 g/mol. The van der Waals surface area contributed by atoms with Crippen molar-refractivity contribution in [1.29, 1.82) is 0 Å². The Morgan fingerprint density at radius 2 is 1.80 bits per heavy atom. The van der Waals surface area contributed by atoms with Gasteiger partial charge in [0.05, 0.1) is 12.2 Å². The van der Waals surface area contributed by atoms with Gasteiger partial charge >= 0.3 is 0 Å². The molecule has 4 nitrogen and oxygen atoms in total. The minimum absolute atomic E-state index is 0.114. The van der Waals surface area contributed by atoms with Crippen molar-refractivity contribution < 1.29 is 14.6 Å². The summed E-state index contributed by atoms with van der Waals surface area (Å²) in [5.74, 6) is 0. The molecule has 0 heterocycles. The molecule has 0 aromatic heterocycles. The van der Waals surface area contributed by atoms with Gasteiger partial charge in [0.1, 0.15) is 0 Å². The summed E-state index contributed by atoms with van der Waals surface area (Å²) in [6.45, 7) is 12.1. The Kier molecular flexibility index (Phi) is 9.64. The van der Waals surface area contributed by atoms with E-state index in [1.807, 2.05) is 0 Å². The van der Waals surface area contributed by atoms with E-state index < -0.39 is 0 Å². The Labute approximate surface area is 125 Å². The van der Waals surface area contributed by atoms with Crippen LogP contribution >= 0.6 is 0 Å². The molecule has 0 fully saturated rings. The molecule has 0 amide bonds. The second-order valence-corrected chi connectivity index (χ2v) is 6.52. The number of ether oxygens (including phenoxy) is 2. The zero-order chi connectivity index (χ0) is 15.6. The van der Waals surface area contributed by atoms with Crippen LogP contribution in [0.5, 0.6) is 0 Å². The van der Waals surface area contributed by atoms with Crippen LogP contribution in [0.3, 0.4) is 0 Å². The van der Waals surface area contributed by atoms with Gasteiger partial charge in [-0.15, -0.1) is 0 Å². The van der Waals surface area contributed by atoms with Gasteiger partial charge in [0.15, 0.2) is 0 Å². The molecule has 0 bridgehead atoms. The van der Waals surface area contributed by atoms with Gasteiger partial charge in [-0.05, 0) is 39.5 Å². The van der Waals surface area contributed by atoms with E-state index in [9.17, 15) is 5.11 Å². The Morgan fingerprint density at radius 3 is 2.25 bits per heavy atom. The van der Waals surface area contributed by atoms with Crippen molar-refractivity contribution in [1.82, 2.24) is 5.32 Å². The second-order valence-electron chi connectivity index (χ2n) is 6.52. The average molecular weight is 289 g/mol. The summed E-state index contributed by atoms with van der Waals surface area (Å²) in [5, 5.41) is 13.1. The topological polar surface area (TPSA) is 50.7 Å². The van der Waals surface area contributed by atoms with Gasteiger partial charge < -0.3 is 19.9 Å². The van der Waals surface area contributed by atoms with Crippen LogP contribution in [-0.4, -0.2) is 49.2 Å². The fraction of sp³-hybridized carbons (Fsp3) is 1.00. The molecular formula is C16H35NO3. The van der Waals surface area contributed by atoms with Crippen molar-refractivity contribution >= 4 is 0 Å². The molecule has 0 saturated heterocycles. The molecule has 2 N–H and O–H groups in total. The van der Waals surface area contributed by atoms with Crippen molar-refractivity contribution in [2.24, 2.45) is 0 Å². The summed E-state index contributed by atoms with van der Waals surface area (Å²) in [7, 11) is 1.73. The molecule has 1 atom stereocenters. The van der Waals surface area contributed by atoms with E-state index in [0.29, 0.717) is 6.04 Å². The predicted molar refractivity (Wildman–Crippen MR) is 84.1 cm³/mol. The van der Waals surface area contributed by atoms with Gasteiger partial charge in [0.2, 0.25) is 0 Å². The zero-order valence-corrected chi connectivity index (χ0v) is 14.3. The van der Waals surface area contributed by atoms with E-state index in [1.165, 1.54) is 0 Å². The fourth-order valence-electron chi connectivity index (χ4n) is 2.23. The number of aliphatic hydroxyl groups excluding tert-OH is 1. The molecule has 122 valence electrons. The van der Waals surface area contributed by atoms with E-state index in [2.05, 4.69) is 39.9 Å². The largest absolute Gasteiger partial charge is 0.394 e. The maximum absolute atomic E-state index is 9.65. The fourth-order valence-corrected chi connectivity index (χ4v) is 2.23.